The Morgan fingerprint density at radius 1 is 1.64 bits per heavy atom. The summed E-state index contributed by atoms with van der Waals surface area (Å²) in [4.78, 5) is 12.1. The van der Waals surface area contributed by atoms with Gasteiger partial charge in [-0.25, -0.2) is 0 Å². The highest BCUT2D eigenvalue weighted by atomic mass is 16.1. The molecule has 2 heteroatoms. The van der Waals surface area contributed by atoms with Crippen LogP contribution in [-0.4, -0.2) is 24.4 Å². The number of terminal acetylenes is 1. The molecule has 1 amide bonds. The zero-order valence-corrected chi connectivity index (χ0v) is 6.62. The summed E-state index contributed by atoms with van der Waals surface area (Å²) >= 11 is 0. The summed E-state index contributed by atoms with van der Waals surface area (Å²) in [7, 11) is 0. The van der Waals surface area contributed by atoms with E-state index in [1.807, 2.05) is 0 Å². The van der Waals surface area contributed by atoms with E-state index >= 15 is 0 Å². The van der Waals surface area contributed by atoms with Crippen LogP contribution in [0.5, 0.6) is 0 Å². The lowest BCUT2D eigenvalue weighted by molar-refractivity contribution is -0.118. The second-order valence-electron chi connectivity index (χ2n) is 3.04. The van der Waals surface area contributed by atoms with E-state index in [9.17, 15) is 4.79 Å². The van der Waals surface area contributed by atoms with Crippen LogP contribution in [0.1, 0.15) is 19.3 Å². The van der Waals surface area contributed by atoms with E-state index in [-0.39, 0.29) is 0 Å². The van der Waals surface area contributed by atoms with Crippen LogP contribution in [0.4, 0.5) is 0 Å². The Kier molecular flexibility index (Phi) is 2.97. The minimum atomic E-state index is 0.458. The van der Waals surface area contributed by atoms with Crippen molar-refractivity contribution in [3.63, 3.8) is 0 Å². The van der Waals surface area contributed by atoms with Crippen LogP contribution in [0.2, 0.25) is 0 Å². The molecule has 0 heterocycles. The lowest BCUT2D eigenvalue weighted by atomic mass is 9.85. The van der Waals surface area contributed by atoms with Crippen LogP contribution in [0.15, 0.2) is 0 Å². The Bertz CT molecular complexity index is 167. The predicted octanol–water partition coefficient (Wildman–Crippen LogP) is 0.878. The number of carbonyl (C=O) groups is 1. The molecular weight excluding hydrogens is 138 g/mol. The van der Waals surface area contributed by atoms with Gasteiger partial charge < -0.3 is 4.90 Å². The highest BCUT2D eigenvalue weighted by molar-refractivity contribution is 5.47. The molecule has 0 aliphatic heterocycles. The van der Waals surface area contributed by atoms with Gasteiger partial charge in [-0.05, 0) is 18.8 Å². The number of nitrogens with zero attached hydrogens (tertiary/aromatic N) is 1. The van der Waals surface area contributed by atoms with Gasteiger partial charge in [0, 0.05) is 6.54 Å². The quantitative estimate of drug-likeness (QED) is 0.431. The number of hydrogen-bond acceptors (Lipinski definition) is 1. The van der Waals surface area contributed by atoms with Crippen molar-refractivity contribution in [3.8, 4) is 12.3 Å². The van der Waals surface area contributed by atoms with Gasteiger partial charge in [-0.3, -0.25) is 4.79 Å². The maximum absolute atomic E-state index is 10.4. The Morgan fingerprint density at radius 3 is 2.73 bits per heavy atom. The molecule has 1 aliphatic carbocycles. The zero-order valence-electron chi connectivity index (χ0n) is 6.62. The van der Waals surface area contributed by atoms with Gasteiger partial charge >= 0.3 is 0 Å². The molecule has 0 radical (unpaired) electrons. The van der Waals surface area contributed by atoms with E-state index in [0.29, 0.717) is 12.5 Å². The first kappa shape index (κ1) is 8.13. The van der Waals surface area contributed by atoms with Crippen molar-refractivity contribution in [2.24, 2.45) is 5.92 Å². The van der Waals surface area contributed by atoms with Gasteiger partial charge in [-0.15, -0.1) is 6.42 Å². The molecule has 1 aliphatic rings. The third kappa shape index (κ3) is 2.27. The number of hydrogen-bond donors (Lipinski definition) is 0. The summed E-state index contributed by atoms with van der Waals surface area (Å²) in [5, 5.41) is 0. The zero-order chi connectivity index (χ0) is 8.10. The van der Waals surface area contributed by atoms with Crippen LogP contribution >= 0.6 is 0 Å². The fraction of sp³-hybridized carbons (Fsp3) is 0.667. The smallest absolute Gasteiger partial charge is 0.210 e. The van der Waals surface area contributed by atoms with Crippen molar-refractivity contribution in [2.45, 2.75) is 19.3 Å². The molecule has 1 fully saturated rings. The number of carbonyl (C=O) groups excluding carboxylic acids is 1. The van der Waals surface area contributed by atoms with Crippen LogP contribution in [0.3, 0.4) is 0 Å². The van der Waals surface area contributed by atoms with Gasteiger partial charge in [0.2, 0.25) is 6.41 Å². The SMILES string of the molecule is C#CCN(C=O)CC1CCC1. The van der Waals surface area contributed by atoms with Gasteiger partial charge in [0.15, 0.2) is 0 Å². The molecule has 0 aromatic carbocycles. The standard InChI is InChI=1S/C9H13NO/c1-2-6-10(8-11)7-9-4-3-5-9/h1,8-9H,3-7H2. The number of rotatable bonds is 4. The number of amides is 1. The van der Waals surface area contributed by atoms with Crippen molar-refractivity contribution in [2.75, 3.05) is 13.1 Å². The topological polar surface area (TPSA) is 20.3 Å². The van der Waals surface area contributed by atoms with Gasteiger partial charge in [0.05, 0.1) is 6.54 Å². The first-order valence-corrected chi connectivity index (χ1v) is 3.99. The molecule has 0 unspecified atom stereocenters. The van der Waals surface area contributed by atoms with E-state index in [4.69, 9.17) is 6.42 Å². The average molecular weight is 151 g/mol. The summed E-state index contributed by atoms with van der Waals surface area (Å²) < 4.78 is 0. The van der Waals surface area contributed by atoms with E-state index in [2.05, 4.69) is 5.92 Å². The predicted molar refractivity (Wildman–Crippen MR) is 43.8 cm³/mol. The largest absolute Gasteiger partial charge is 0.334 e. The van der Waals surface area contributed by atoms with Crippen LogP contribution in [0, 0.1) is 18.3 Å². The third-order valence-electron chi connectivity index (χ3n) is 2.16. The molecular formula is C9H13NO. The molecule has 11 heavy (non-hydrogen) atoms. The molecule has 0 aromatic rings. The van der Waals surface area contributed by atoms with Crippen LogP contribution in [-0.2, 0) is 4.79 Å². The average Bonchev–Trinajstić information content (AvgIpc) is 1.94. The second-order valence-corrected chi connectivity index (χ2v) is 3.04. The van der Waals surface area contributed by atoms with E-state index < -0.39 is 0 Å². The summed E-state index contributed by atoms with van der Waals surface area (Å²) in [6.45, 7) is 1.31. The highest BCUT2D eigenvalue weighted by Crippen LogP contribution is 2.26. The fourth-order valence-electron chi connectivity index (χ4n) is 1.27. The maximum Gasteiger partial charge on any atom is 0.210 e. The van der Waals surface area contributed by atoms with Crippen LogP contribution in [0.25, 0.3) is 0 Å². The Hall–Kier alpha value is -0.970. The lowest BCUT2D eigenvalue weighted by Gasteiger charge is -2.29. The molecule has 0 spiro atoms. The Balaban J connectivity index is 2.20. The Morgan fingerprint density at radius 2 is 2.36 bits per heavy atom. The molecule has 0 N–H and O–H groups in total. The molecule has 0 atom stereocenters. The maximum atomic E-state index is 10.4. The molecule has 0 saturated heterocycles. The molecule has 1 saturated carbocycles. The minimum Gasteiger partial charge on any atom is -0.334 e. The van der Waals surface area contributed by atoms with Gasteiger partial charge in [0.25, 0.3) is 0 Å². The first-order valence-electron chi connectivity index (χ1n) is 3.99. The monoisotopic (exact) mass is 151 g/mol. The summed E-state index contributed by atoms with van der Waals surface area (Å²) in [5.74, 6) is 3.18. The molecule has 0 bridgehead atoms. The van der Waals surface area contributed by atoms with Gasteiger partial charge in [-0.2, -0.15) is 0 Å². The van der Waals surface area contributed by atoms with E-state index in [1.165, 1.54) is 19.3 Å². The second kappa shape index (κ2) is 4.02. The first-order chi connectivity index (χ1) is 5.36. The summed E-state index contributed by atoms with van der Waals surface area (Å²) in [6.07, 6.45) is 9.77. The fourth-order valence-corrected chi connectivity index (χ4v) is 1.27. The highest BCUT2D eigenvalue weighted by Gasteiger charge is 2.19. The van der Waals surface area contributed by atoms with Crippen molar-refractivity contribution in [1.82, 2.24) is 4.90 Å². The van der Waals surface area contributed by atoms with Gasteiger partial charge in [-0.1, -0.05) is 12.3 Å². The van der Waals surface area contributed by atoms with E-state index in [1.54, 1.807) is 4.90 Å². The van der Waals surface area contributed by atoms with E-state index in [0.717, 1.165) is 13.0 Å². The third-order valence-corrected chi connectivity index (χ3v) is 2.16. The van der Waals surface area contributed by atoms with Crippen molar-refractivity contribution in [1.29, 1.82) is 0 Å². The van der Waals surface area contributed by atoms with Crippen LogP contribution < -0.4 is 0 Å². The Labute approximate surface area is 67.6 Å². The molecule has 60 valence electrons. The molecule has 1 rings (SSSR count). The van der Waals surface area contributed by atoms with Crippen molar-refractivity contribution >= 4 is 6.41 Å². The molecule has 0 aromatic heterocycles. The molecule has 2 nitrogen and oxygen atoms in total. The van der Waals surface area contributed by atoms with Crippen molar-refractivity contribution in [3.05, 3.63) is 0 Å². The summed E-state index contributed by atoms with van der Waals surface area (Å²) in [5.41, 5.74) is 0. The van der Waals surface area contributed by atoms with Crippen molar-refractivity contribution < 1.29 is 4.79 Å². The lowest BCUT2D eigenvalue weighted by Crippen LogP contribution is -2.31. The summed E-state index contributed by atoms with van der Waals surface area (Å²) in [6, 6.07) is 0. The minimum absolute atomic E-state index is 0.458. The van der Waals surface area contributed by atoms with Gasteiger partial charge in [0.1, 0.15) is 0 Å². The normalized spacial score (nSPS) is 16.6.